The second-order valence-electron chi connectivity index (χ2n) is 4.80. The standard InChI is InChI=1S/C16H14N2O5/c1-11-3-2-4-12(9-11)16(20)23-10-15(19)17-13-5-7-14(8-6-13)18(21)22/h2-9H,10H2,1H3,(H,17,19). The number of esters is 1. The minimum atomic E-state index is -0.590. The molecule has 0 saturated heterocycles. The summed E-state index contributed by atoms with van der Waals surface area (Å²) in [5.41, 5.74) is 1.59. The number of nitro benzene ring substituents is 1. The molecule has 0 atom stereocenters. The Bertz CT molecular complexity index is 740. The normalized spacial score (nSPS) is 9.96. The molecule has 0 spiro atoms. The van der Waals surface area contributed by atoms with Crippen LogP contribution in [0.1, 0.15) is 15.9 Å². The number of anilines is 1. The number of ether oxygens (including phenoxy) is 1. The van der Waals surface area contributed by atoms with Crippen molar-refractivity contribution in [3.8, 4) is 0 Å². The molecule has 0 radical (unpaired) electrons. The number of amides is 1. The first-order chi connectivity index (χ1) is 11.0. The van der Waals surface area contributed by atoms with Crippen molar-refractivity contribution in [3.63, 3.8) is 0 Å². The van der Waals surface area contributed by atoms with Crippen LogP contribution in [0.4, 0.5) is 11.4 Å². The summed E-state index contributed by atoms with van der Waals surface area (Å²) in [6.07, 6.45) is 0. The number of hydrogen-bond donors (Lipinski definition) is 1. The molecule has 7 nitrogen and oxygen atoms in total. The van der Waals surface area contributed by atoms with Crippen molar-refractivity contribution < 1.29 is 19.2 Å². The lowest BCUT2D eigenvalue weighted by molar-refractivity contribution is -0.384. The number of nitro groups is 1. The summed E-state index contributed by atoms with van der Waals surface area (Å²) in [6.45, 7) is 1.40. The maximum atomic E-state index is 11.8. The van der Waals surface area contributed by atoms with E-state index in [4.69, 9.17) is 4.74 Å². The van der Waals surface area contributed by atoms with E-state index in [1.165, 1.54) is 24.3 Å². The van der Waals surface area contributed by atoms with Crippen LogP contribution >= 0.6 is 0 Å². The van der Waals surface area contributed by atoms with Crippen molar-refractivity contribution >= 4 is 23.3 Å². The molecule has 0 aliphatic rings. The Morgan fingerprint density at radius 2 is 1.87 bits per heavy atom. The number of carbonyl (C=O) groups excluding carboxylic acids is 2. The summed E-state index contributed by atoms with van der Waals surface area (Å²) in [5.74, 6) is -1.12. The molecule has 2 aromatic rings. The van der Waals surface area contributed by atoms with Gasteiger partial charge in [-0.05, 0) is 31.2 Å². The molecule has 0 heterocycles. The molecule has 0 saturated carbocycles. The predicted octanol–water partition coefficient (Wildman–Crippen LogP) is 2.70. The fraction of sp³-hybridized carbons (Fsp3) is 0.125. The molecule has 0 fully saturated rings. The largest absolute Gasteiger partial charge is 0.452 e. The summed E-state index contributed by atoms with van der Waals surface area (Å²) in [4.78, 5) is 33.5. The quantitative estimate of drug-likeness (QED) is 0.519. The second kappa shape index (κ2) is 7.17. The van der Waals surface area contributed by atoms with Crippen LogP contribution in [-0.4, -0.2) is 23.4 Å². The first-order valence-corrected chi connectivity index (χ1v) is 6.74. The van der Waals surface area contributed by atoms with Gasteiger partial charge in [0.1, 0.15) is 0 Å². The summed E-state index contributed by atoms with van der Waals surface area (Å²) < 4.78 is 4.92. The van der Waals surface area contributed by atoms with Crippen LogP contribution in [-0.2, 0) is 9.53 Å². The minimum absolute atomic E-state index is 0.0751. The lowest BCUT2D eigenvalue weighted by atomic mass is 10.1. The summed E-state index contributed by atoms with van der Waals surface area (Å²) >= 11 is 0. The maximum Gasteiger partial charge on any atom is 0.338 e. The molecule has 7 heteroatoms. The van der Waals surface area contributed by atoms with Crippen LogP contribution < -0.4 is 5.32 Å². The first kappa shape index (κ1) is 16.2. The van der Waals surface area contributed by atoms with Crippen LogP contribution in [0.2, 0.25) is 0 Å². The van der Waals surface area contributed by atoms with E-state index in [1.807, 2.05) is 13.0 Å². The van der Waals surface area contributed by atoms with E-state index in [9.17, 15) is 19.7 Å². The van der Waals surface area contributed by atoms with Gasteiger partial charge in [-0.3, -0.25) is 14.9 Å². The molecular weight excluding hydrogens is 300 g/mol. The Labute approximate surface area is 132 Å². The van der Waals surface area contributed by atoms with Crippen molar-refractivity contribution in [2.75, 3.05) is 11.9 Å². The number of benzene rings is 2. The van der Waals surface area contributed by atoms with Gasteiger partial charge in [0.25, 0.3) is 11.6 Å². The van der Waals surface area contributed by atoms with Crippen molar-refractivity contribution in [2.45, 2.75) is 6.92 Å². The van der Waals surface area contributed by atoms with Crippen LogP contribution in [0.25, 0.3) is 0 Å². The molecule has 0 aromatic heterocycles. The van der Waals surface area contributed by atoms with Crippen LogP contribution in [0.5, 0.6) is 0 Å². The van der Waals surface area contributed by atoms with Crippen molar-refractivity contribution in [2.24, 2.45) is 0 Å². The third-order valence-electron chi connectivity index (χ3n) is 2.95. The van der Waals surface area contributed by atoms with E-state index in [0.29, 0.717) is 11.3 Å². The highest BCUT2D eigenvalue weighted by atomic mass is 16.6. The Morgan fingerprint density at radius 1 is 1.17 bits per heavy atom. The molecule has 0 aliphatic heterocycles. The van der Waals surface area contributed by atoms with Gasteiger partial charge in [-0.25, -0.2) is 4.79 Å². The van der Waals surface area contributed by atoms with Crippen LogP contribution in [0, 0.1) is 17.0 Å². The predicted molar refractivity (Wildman–Crippen MR) is 83.2 cm³/mol. The molecule has 23 heavy (non-hydrogen) atoms. The highest BCUT2D eigenvalue weighted by Crippen LogP contribution is 2.15. The molecule has 2 aromatic carbocycles. The van der Waals surface area contributed by atoms with Gasteiger partial charge >= 0.3 is 5.97 Å². The van der Waals surface area contributed by atoms with Gasteiger partial charge in [0.15, 0.2) is 6.61 Å². The van der Waals surface area contributed by atoms with Crippen LogP contribution in [0.3, 0.4) is 0 Å². The molecule has 0 aliphatic carbocycles. The second-order valence-corrected chi connectivity index (χ2v) is 4.80. The van der Waals surface area contributed by atoms with Crippen molar-refractivity contribution in [3.05, 3.63) is 69.8 Å². The average molecular weight is 314 g/mol. The molecular formula is C16H14N2O5. The van der Waals surface area contributed by atoms with E-state index in [2.05, 4.69) is 5.32 Å². The highest BCUT2D eigenvalue weighted by Gasteiger charge is 2.11. The van der Waals surface area contributed by atoms with E-state index >= 15 is 0 Å². The lowest BCUT2D eigenvalue weighted by Crippen LogP contribution is -2.20. The number of aryl methyl sites for hydroxylation is 1. The molecule has 1 amide bonds. The van der Waals surface area contributed by atoms with Gasteiger partial charge < -0.3 is 10.1 Å². The van der Waals surface area contributed by atoms with E-state index in [1.54, 1.807) is 18.2 Å². The first-order valence-electron chi connectivity index (χ1n) is 6.74. The van der Waals surface area contributed by atoms with Gasteiger partial charge in [-0.1, -0.05) is 17.7 Å². The molecule has 0 unspecified atom stereocenters. The van der Waals surface area contributed by atoms with Gasteiger partial charge in [0.2, 0.25) is 0 Å². The zero-order chi connectivity index (χ0) is 16.8. The summed E-state index contributed by atoms with van der Waals surface area (Å²) in [6, 6.07) is 12.2. The molecule has 1 N–H and O–H groups in total. The highest BCUT2D eigenvalue weighted by molar-refractivity contribution is 5.95. The number of hydrogen-bond acceptors (Lipinski definition) is 5. The average Bonchev–Trinajstić information content (AvgIpc) is 2.53. The lowest BCUT2D eigenvalue weighted by Gasteiger charge is -2.07. The monoisotopic (exact) mass is 314 g/mol. The molecule has 0 bridgehead atoms. The zero-order valence-electron chi connectivity index (χ0n) is 12.3. The summed E-state index contributed by atoms with van der Waals surface area (Å²) in [5, 5.41) is 13.0. The fourth-order valence-electron chi connectivity index (χ4n) is 1.85. The summed E-state index contributed by atoms with van der Waals surface area (Å²) in [7, 11) is 0. The number of carbonyl (C=O) groups is 2. The number of non-ortho nitro benzene ring substituents is 1. The van der Waals surface area contributed by atoms with E-state index in [-0.39, 0.29) is 5.69 Å². The number of nitrogens with one attached hydrogen (secondary N) is 1. The minimum Gasteiger partial charge on any atom is -0.452 e. The van der Waals surface area contributed by atoms with E-state index < -0.39 is 23.4 Å². The number of nitrogens with zero attached hydrogens (tertiary/aromatic N) is 1. The Morgan fingerprint density at radius 3 is 2.48 bits per heavy atom. The Kier molecular flexibility index (Phi) is 5.03. The topological polar surface area (TPSA) is 98.5 Å². The fourth-order valence-corrected chi connectivity index (χ4v) is 1.85. The van der Waals surface area contributed by atoms with Gasteiger partial charge in [0, 0.05) is 17.8 Å². The van der Waals surface area contributed by atoms with Crippen LogP contribution in [0.15, 0.2) is 48.5 Å². The van der Waals surface area contributed by atoms with Gasteiger partial charge in [-0.15, -0.1) is 0 Å². The third kappa shape index (κ3) is 4.63. The Balaban J connectivity index is 1.87. The smallest absolute Gasteiger partial charge is 0.338 e. The van der Waals surface area contributed by atoms with Gasteiger partial charge in [0.05, 0.1) is 10.5 Å². The molecule has 2 rings (SSSR count). The van der Waals surface area contributed by atoms with Crippen molar-refractivity contribution in [1.82, 2.24) is 0 Å². The third-order valence-corrected chi connectivity index (χ3v) is 2.95. The number of rotatable bonds is 5. The van der Waals surface area contributed by atoms with E-state index in [0.717, 1.165) is 5.56 Å². The molecule has 118 valence electrons. The maximum absolute atomic E-state index is 11.8. The van der Waals surface area contributed by atoms with Crippen molar-refractivity contribution in [1.29, 1.82) is 0 Å². The Hall–Kier alpha value is -3.22. The SMILES string of the molecule is Cc1cccc(C(=O)OCC(=O)Nc2ccc([N+](=O)[O-])cc2)c1. The van der Waals surface area contributed by atoms with Gasteiger partial charge in [-0.2, -0.15) is 0 Å². The zero-order valence-corrected chi connectivity index (χ0v) is 12.3.